The van der Waals surface area contributed by atoms with E-state index in [0.717, 1.165) is 16.5 Å². The van der Waals surface area contributed by atoms with Gasteiger partial charge in [-0.1, -0.05) is 23.4 Å². The molecule has 1 amide bonds. The van der Waals surface area contributed by atoms with Gasteiger partial charge in [-0.2, -0.15) is 4.98 Å². The Balaban J connectivity index is 1.40. The van der Waals surface area contributed by atoms with Crippen molar-refractivity contribution in [2.75, 3.05) is 5.32 Å². The quantitative estimate of drug-likeness (QED) is 0.584. The molecule has 25 heavy (non-hydrogen) atoms. The molecule has 4 aromatic rings. The normalized spacial score (nSPS) is 10.9. The Morgan fingerprint density at radius 1 is 1.20 bits per heavy atom. The minimum atomic E-state index is -0.147. The average molecular weight is 333 g/mol. The maximum atomic E-state index is 11.9. The van der Waals surface area contributed by atoms with Crippen LogP contribution in [-0.2, 0) is 11.2 Å². The van der Waals surface area contributed by atoms with Gasteiger partial charge in [0.25, 0.3) is 0 Å². The molecular formula is C18H15N5O2. The monoisotopic (exact) mass is 333 g/mol. The molecule has 0 spiro atoms. The molecule has 0 aliphatic rings. The fourth-order valence-corrected chi connectivity index (χ4v) is 2.52. The van der Waals surface area contributed by atoms with Crippen molar-refractivity contribution < 1.29 is 9.32 Å². The van der Waals surface area contributed by atoms with Crippen LogP contribution in [0.2, 0.25) is 0 Å². The van der Waals surface area contributed by atoms with Crippen molar-refractivity contribution >= 4 is 22.6 Å². The van der Waals surface area contributed by atoms with E-state index in [1.54, 1.807) is 18.3 Å². The molecule has 3 heterocycles. The molecule has 4 rings (SSSR count). The highest BCUT2D eigenvalue weighted by Gasteiger charge is 2.11. The number of aromatic amines is 1. The van der Waals surface area contributed by atoms with E-state index in [2.05, 4.69) is 25.4 Å². The summed E-state index contributed by atoms with van der Waals surface area (Å²) >= 11 is 0. The average Bonchev–Trinajstić information content (AvgIpc) is 3.29. The Hall–Kier alpha value is -3.48. The molecule has 0 bridgehead atoms. The van der Waals surface area contributed by atoms with Crippen molar-refractivity contribution in [3.05, 3.63) is 60.7 Å². The first-order valence-corrected chi connectivity index (χ1v) is 7.89. The molecular weight excluding hydrogens is 318 g/mol. The zero-order valence-electron chi connectivity index (χ0n) is 13.3. The summed E-state index contributed by atoms with van der Waals surface area (Å²) in [6.45, 7) is 0. The number of carbonyl (C=O) groups excluding carboxylic acids is 1. The van der Waals surface area contributed by atoms with Crippen LogP contribution in [0.3, 0.4) is 0 Å². The minimum Gasteiger partial charge on any atom is -0.361 e. The van der Waals surface area contributed by atoms with Crippen LogP contribution in [0.25, 0.3) is 22.3 Å². The number of rotatable bonds is 5. The van der Waals surface area contributed by atoms with Crippen molar-refractivity contribution in [3.8, 4) is 11.4 Å². The van der Waals surface area contributed by atoms with Crippen LogP contribution in [0.4, 0.5) is 5.82 Å². The summed E-state index contributed by atoms with van der Waals surface area (Å²) in [7, 11) is 0. The van der Waals surface area contributed by atoms with E-state index in [9.17, 15) is 4.79 Å². The van der Waals surface area contributed by atoms with E-state index in [1.807, 2.05) is 36.5 Å². The standard InChI is InChI=1S/C18H15N5O2/c24-16(21-15-3-1-2-9-20-15)6-7-17-22-18(23-25-17)13-5-4-12-8-10-19-14(12)11-13/h1-5,8-11,19H,6-7H2,(H,20,21,24). The van der Waals surface area contributed by atoms with Gasteiger partial charge in [0.15, 0.2) is 0 Å². The number of aromatic nitrogens is 4. The smallest absolute Gasteiger partial charge is 0.227 e. The lowest BCUT2D eigenvalue weighted by Gasteiger charge is -2.01. The van der Waals surface area contributed by atoms with Gasteiger partial charge in [0.05, 0.1) is 0 Å². The van der Waals surface area contributed by atoms with Gasteiger partial charge in [-0.15, -0.1) is 0 Å². The predicted molar refractivity (Wildman–Crippen MR) is 92.8 cm³/mol. The molecule has 0 atom stereocenters. The fraction of sp³-hybridized carbons (Fsp3) is 0.111. The third kappa shape index (κ3) is 3.40. The number of nitrogens with zero attached hydrogens (tertiary/aromatic N) is 3. The van der Waals surface area contributed by atoms with Crippen molar-refractivity contribution in [2.45, 2.75) is 12.8 Å². The lowest BCUT2D eigenvalue weighted by molar-refractivity contribution is -0.116. The Morgan fingerprint density at radius 3 is 3.04 bits per heavy atom. The van der Waals surface area contributed by atoms with Crippen molar-refractivity contribution in [1.29, 1.82) is 0 Å². The molecule has 0 unspecified atom stereocenters. The number of anilines is 1. The molecule has 7 nitrogen and oxygen atoms in total. The molecule has 0 saturated heterocycles. The number of H-pyrrole nitrogens is 1. The van der Waals surface area contributed by atoms with Crippen molar-refractivity contribution in [1.82, 2.24) is 20.1 Å². The highest BCUT2D eigenvalue weighted by atomic mass is 16.5. The first kappa shape index (κ1) is 15.1. The van der Waals surface area contributed by atoms with Crippen molar-refractivity contribution in [3.63, 3.8) is 0 Å². The van der Waals surface area contributed by atoms with Crippen molar-refractivity contribution in [2.24, 2.45) is 0 Å². The zero-order chi connectivity index (χ0) is 17.1. The fourth-order valence-electron chi connectivity index (χ4n) is 2.52. The van der Waals surface area contributed by atoms with Gasteiger partial charge in [0.2, 0.25) is 17.6 Å². The number of carbonyl (C=O) groups is 1. The van der Waals surface area contributed by atoms with Gasteiger partial charge in [-0.25, -0.2) is 4.98 Å². The van der Waals surface area contributed by atoms with Gasteiger partial charge in [0.1, 0.15) is 5.82 Å². The second-order valence-electron chi connectivity index (χ2n) is 5.55. The molecule has 0 saturated carbocycles. The highest BCUT2D eigenvalue weighted by molar-refractivity contribution is 5.89. The van der Waals surface area contributed by atoms with E-state index >= 15 is 0 Å². The number of nitrogens with one attached hydrogen (secondary N) is 2. The molecule has 1 aromatic carbocycles. The highest BCUT2D eigenvalue weighted by Crippen LogP contribution is 2.21. The van der Waals surface area contributed by atoms with E-state index in [1.165, 1.54) is 0 Å². The maximum Gasteiger partial charge on any atom is 0.227 e. The van der Waals surface area contributed by atoms with E-state index in [0.29, 0.717) is 24.0 Å². The van der Waals surface area contributed by atoms with Crippen LogP contribution in [-0.4, -0.2) is 26.0 Å². The van der Waals surface area contributed by atoms with Crippen LogP contribution in [0.1, 0.15) is 12.3 Å². The van der Waals surface area contributed by atoms with E-state index < -0.39 is 0 Å². The van der Waals surface area contributed by atoms with Gasteiger partial charge in [-0.05, 0) is 29.7 Å². The summed E-state index contributed by atoms with van der Waals surface area (Å²) < 4.78 is 5.25. The number of pyridine rings is 1. The second kappa shape index (κ2) is 6.56. The van der Waals surface area contributed by atoms with Crippen LogP contribution in [0.15, 0.2) is 59.4 Å². The second-order valence-corrected chi connectivity index (χ2v) is 5.55. The summed E-state index contributed by atoms with van der Waals surface area (Å²) in [5.41, 5.74) is 1.88. The number of amides is 1. The summed E-state index contributed by atoms with van der Waals surface area (Å²) in [4.78, 5) is 23.5. The number of hydrogen-bond donors (Lipinski definition) is 2. The Morgan fingerprint density at radius 2 is 2.16 bits per heavy atom. The zero-order valence-corrected chi connectivity index (χ0v) is 13.3. The summed E-state index contributed by atoms with van der Waals surface area (Å²) in [5.74, 6) is 1.32. The largest absolute Gasteiger partial charge is 0.361 e. The lowest BCUT2D eigenvalue weighted by atomic mass is 10.1. The number of fused-ring (bicyclic) bond motifs is 1. The summed E-state index contributed by atoms with van der Waals surface area (Å²) in [5, 5.41) is 7.84. The van der Waals surface area contributed by atoms with Gasteiger partial charge in [-0.3, -0.25) is 4.79 Å². The Labute approximate surface area is 143 Å². The first-order valence-electron chi connectivity index (χ1n) is 7.89. The van der Waals surface area contributed by atoms with E-state index in [-0.39, 0.29) is 12.3 Å². The number of benzene rings is 1. The topological polar surface area (TPSA) is 96.7 Å². The Kier molecular flexibility index (Phi) is 3.96. The molecule has 3 aromatic heterocycles. The molecule has 124 valence electrons. The molecule has 0 aliphatic carbocycles. The predicted octanol–water partition coefficient (Wildman–Crippen LogP) is 3.18. The molecule has 0 radical (unpaired) electrons. The van der Waals surface area contributed by atoms with Crippen LogP contribution in [0.5, 0.6) is 0 Å². The Bertz CT molecular complexity index is 1010. The van der Waals surface area contributed by atoms with Gasteiger partial charge >= 0.3 is 0 Å². The van der Waals surface area contributed by atoms with Crippen LogP contribution >= 0.6 is 0 Å². The molecule has 0 aliphatic heterocycles. The summed E-state index contributed by atoms with van der Waals surface area (Å²) in [6, 6.07) is 13.3. The molecule has 0 fully saturated rings. The molecule has 7 heteroatoms. The third-order valence-corrected chi connectivity index (χ3v) is 3.78. The number of aryl methyl sites for hydroxylation is 1. The van der Waals surface area contributed by atoms with Gasteiger partial charge in [0, 0.05) is 36.3 Å². The third-order valence-electron chi connectivity index (χ3n) is 3.78. The summed E-state index contributed by atoms with van der Waals surface area (Å²) in [6.07, 6.45) is 4.13. The van der Waals surface area contributed by atoms with Gasteiger partial charge < -0.3 is 14.8 Å². The molecule has 2 N–H and O–H groups in total. The minimum absolute atomic E-state index is 0.147. The SMILES string of the molecule is O=C(CCc1nc(-c2ccc3cc[nH]c3c2)no1)Nc1ccccn1. The number of hydrogen-bond acceptors (Lipinski definition) is 5. The first-order chi connectivity index (χ1) is 12.3. The van der Waals surface area contributed by atoms with Crippen LogP contribution in [0, 0.1) is 0 Å². The van der Waals surface area contributed by atoms with Crippen LogP contribution < -0.4 is 5.32 Å². The maximum absolute atomic E-state index is 11.9. The van der Waals surface area contributed by atoms with E-state index in [4.69, 9.17) is 4.52 Å². The lowest BCUT2D eigenvalue weighted by Crippen LogP contribution is -2.13.